The minimum Gasteiger partial charge on any atom is -0.332 e. The van der Waals surface area contributed by atoms with Crippen molar-refractivity contribution in [3.8, 4) is 0 Å². The van der Waals surface area contributed by atoms with Gasteiger partial charge >= 0.3 is 6.03 Å². The van der Waals surface area contributed by atoms with Crippen molar-refractivity contribution in [3.63, 3.8) is 0 Å². The predicted octanol–water partition coefficient (Wildman–Crippen LogP) is 2.15. The van der Waals surface area contributed by atoms with Crippen molar-refractivity contribution in [3.05, 3.63) is 12.7 Å². The Morgan fingerprint density at radius 2 is 1.93 bits per heavy atom. The topological polar surface area (TPSA) is 32.3 Å². The molecule has 1 aliphatic heterocycles. The first-order valence-corrected chi connectivity index (χ1v) is 5.42. The van der Waals surface area contributed by atoms with Crippen LogP contribution >= 0.6 is 0 Å². The Morgan fingerprint density at radius 1 is 1.36 bits per heavy atom. The van der Waals surface area contributed by atoms with E-state index >= 15 is 0 Å². The normalized spacial score (nSPS) is 19.6. The molecule has 0 aromatic rings. The molecule has 0 aromatic heterocycles. The molecule has 0 spiro atoms. The number of hydrogen-bond donors (Lipinski definition) is 1. The molecule has 1 fully saturated rings. The minimum atomic E-state index is 0.0549. The molecule has 1 saturated heterocycles. The fraction of sp³-hybridized carbons (Fsp3) is 0.727. The molecule has 0 aromatic carbocycles. The van der Waals surface area contributed by atoms with Gasteiger partial charge in [-0.1, -0.05) is 18.9 Å². The Kier molecular flexibility index (Phi) is 4.50. The molecule has 3 heteroatoms. The van der Waals surface area contributed by atoms with E-state index in [9.17, 15) is 4.79 Å². The summed E-state index contributed by atoms with van der Waals surface area (Å²) in [5.41, 5.74) is 0. The molecule has 0 bridgehead atoms. The van der Waals surface area contributed by atoms with Crippen LogP contribution in [0.15, 0.2) is 12.7 Å². The number of carbonyl (C=O) groups is 1. The van der Waals surface area contributed by atoms with E-state index in [1.54, 1.807) is 6.08 Å². The zero-order valence-electron chi connectivity index (χ0n) is 8.96. The molecule has 3 nitrogen and oxygen atoms in total. The number of carbonyl (C=O) groups excluding carboxylic acids is 1. The lowest BCUT2D eigenvalue weighted by atomic mass is 10.2. The Hall–Kier alpha value is -0.990. The molecular formula is C11H20N2O. The molecule has 1 heterocycles. The standard InChI is InChI=1S/C11H20N2O/c1-3-10(2)12-11(14)13-8-6-4-5-7-9-13/h3,10H,1,4-9H2,2H3,(H,12,14). The molecule has 2 amide bonds. The summed E-state index contributed by atoms with van der Waals surface area (Å²) >= 11 is 0. The van der Waals surface area contributed by atoms with E-state index in [-0.39, 0.29) is 12.1 Å². The summed E-state index contributed by atoms with van der Waals surface area (Å²) in [5.74, 6) is 0. The van der Waals surface area contributed by atoms with Gasteiger partial charge in [-0.15, -0.1) is 6.58 Å². The first-order valence-electron chi connectivity index (χ1n) is 5.42. The first-order chi connectivity index (χ1) is 6.74. The summed E-state index contributed by atoms with van der Waals surface area (Å²) in [6.07, 6.45) is 6.52. The average molecular weight is 196 g/mol. The highest BCUT2D eigenvalue weighted by Crippen LogP contribution is 2.09. The van der Waals surface area contributed by atoms with Gasteiger partial charge < -0.3 is 10.2 Å². The van der Waals surface area contributed by atoms with Crippen LogP contribution in [-0.2, 0) is 0 Å². The third kappa shape index (κ3) is 3.40. The highest BCUT2D eigenvalue weighted by molar-refractivity contribution is 5.74. The van der Waals surface area contributed by atoms with Crippen LogP contribution in [0.1, 0.15) is 32.6 Å². The second-order valence-electron chi connectivity index (χ2n) is 3.88. The van der Waals surface area contributed by atoms with Gasteiger partial charge in [-0.05, 0) is 19.8 Å². The number of hydrogen-bond acceptors (Lipinski definition) is 1. The van der Waals surface area contributed by atoms with Gasteiger partial charge in [-0.25, -0.2) is 4.79 Å². The summed E-state index contributed by atoms with van der Waals surface area (Å²) in [7, 11) is 0. The molecule has 0 aliphatic carbocycles. The van der Waals surface area contributed by atoms with E-state index < -0.39 is 0 Å². The summed E-state index contributed by atoms with van der Waals surface area (Å²) in [6.45, 7) is 7.37. The molecule has 0 radical (unpaired) electrons. The largest absolute Gasteiger partial charge is 0.332 e. The van der Waals surface area contributed by atoms with Crippen molar-refractivity contribution in [1.29, 1.82) is 0 Å². The van der Waals surface area contributed by atoms with Gasteiger partial charge in [0.25, 0.3) is 0 Å². The van der Waals surface area contributed by atoms with Gasteiger partial charge in [0, 0.05) is 19.1 Å². The quantitative estimate of drug-likeness (QED) is 0.674. The molecule has 1 aliphatic rings. The Balaban J connectivity index is 2.37. The van der Waals surface area contributed by atoms with Crippen LogP contribution in [0.4, 0.5) is 4.79 Å². The molecule has 1 atom stereocenters. The van der Waals surface area contributed by atoms with Gasteiger partial charge in [0.1, 0.15) is 0 Å². The molecule has 14 heavy (non-hydrogen) atoms. The molecular weight excluding hydrogens is 176 g/mol. The van der Waals surface area contributed by atoms with Crippen molar-refractivity contribution in [2.75, 3.05) is 13.1 Å². The maximum absolute atomic E-state index is 11.7. The van der Waals surface area contributed by atoms with Crippen LogP contribution in [0.3, 0.4) is 0 Å². The zero-order chi connectivity index (χ0) is 10.4. The SMILES string of the molecule is C=CC(C)NC(=O)N1CCCCCC1. The Labute approximate surface area is 86.2 Å². The maximum atomic E-state index is 11.7. The second kappa shape index (κ2) is 5.68. The van der Waals surface area contributed by atoms with Gasteiger partial charge in [-0.2, -0.15) is 0 Å². The van der Waals surface area contributed by atoms with Crippen molar-refractivity contribution < 1.29 is 4.79 Å². The third-order valence-electron chi connectivity index (χ3n) is 2.60. The molecule has 1 unspecified atom stereocenters. The summed E-state index contributed by atoms with van der Waals surface area (Å²) in [4.78, 5) is 13.6. The second-order valence-corrected chi connectivity index (χ2v) is 3.88. The van der Waals surface area contributed by atoms with Crippen LogP contribution in [0.2, 0.25) is 0 Å². The zero-order valence-corrected chi connectivity index (χ0v) is 8.96. The van der Waals surface area contributed by atoms with E-state index in [0.717, 1.165) is 25.9 Å². The van der Waals surface area contributed by atoms with Gasteiger partial charge in [0.2, 0.25) is 0 Å². The van der Waals surface area contributed by atoms with Crippen molar-refractivity contribution in [2.45, 2.75) is 38.6 Å². The highest BCUT2D eigenvalue weighted by atomic mass is 16.2. The average Bonchev–Trinajstić information content (AvgIpc) is 2.45. The van der Waals surface area contributed by atoms with E-state index in [2.05, 4.69) is 11.9 Å². The Bertz CT molecular complexity index is 195. The molecule has 1 N–H and O–H groups in total. The lowest BCUT2D eigenvalue weighted by Gasteiger charge is -2.22. The monoisotopic (exact) mass is 196 g/mol. The highest BCUT2D eigenvalue weighted by Gasteiger charge is 2.15. The van der Waals surface area contributed by atoms with E-state index in [1.165, 1.54) is 12.8 Å². The van der Waals surface area contributed by atoms with Gasteiger partial charge in [-0.3, -0.25) is 0 Å². The Morgan fingerprint density at radius 3 is 2.43 bits per heavy atom. The summed E-state index contributed by atoms with van der Waals surface area (Å²) in [6, 6.07) is 0.116. The first kappa shape index (κ1) is 11.1. The number of urea groups is 1. The van der Waals surface area contributed by atoms with Gasteiger partial charge in [0.15, 0.2) is 0 Å². The number of rotatable bonds is 2. The van der Waals surface area contributed by atoms with E-state index in [4.69, 9.17) is 0 Å². The number of likely N-dealkylation sites (tertiary alicyclic amines) is 1. The maximum Gasteiger partial charge on any atom is 0.317 e. The minimum absolute atomic E-state index is 0.0549. The van der Waals surface area contributed by atoms with E-state index in [0.29, 0.717) is 0 Å². The fourth-order valence-corrected chi connectivity index (χ4v) is 1.62. The van der Waals surface area contributed by atoms with Crippen LogP contribution in [0.5, 0.6) is 0 Å². The summed E-state index contributed by atoms with van der Waals surface area (Å²) in [5, 5.41) is 2.90. The van der Waals surface area contributed by atoms with Crippen molar-refractivity contribution >= 4 is 6.03 Å². The molecule has 0 saturated carbocycles. The fourth-order valence-electron chi connectivity index (χ4n) is 1.62. The lowest BCUT2D eigenvalue weighted by Crippen LogP contribution is -2.43. The van der Waals surface area contributed by atoms with E-state index in [1.807, 2.05) is 11.8 Å². The van der Waals surface area contributed by atoms with Crippen LogP contribution in [0.25, 0.3) is 0 Å². The predicted molar refractivity (Wildman–Crippen MR) is 58.2 cm³/mol. The lowest BCUT2D eigenvalue weighted by molar-refractivity contribution is 0.198. The number of nitrogens with one attached hydrogen (secondary N) is 1. The number of nitrogens with zero attached hydrogens (tertiary/aromatic N) is 1. The third-order valence-corrected chi connectivity index (χ3v) is 2.60. The van der Waals surface area contributed by atoms with Gasteiger partial charge in [0.05, 0.1) is 0 Å². The van der Waals surface area contributed by atoms with Crippen LogP contribution in [-0.4, -0.2) is 30.1 Å². The van der Waals surface area contributed by atoms with Crippen LogP contribution in [0, 0.1) is 0 Å². The molecule has 80 valence electrons. The van der Waals surface area contributed by atoms with Crippen LogP contribution < -0.4 is 5.32 Å². The van der Waals surface area contributed by atoms with Crippen molar-refractivity contribution in [2.24, 2.45) is 0 Å². The smallest absolute Gasteiger partial charge is 0.317 e. The van der Waals surface area contributed by atoms with Crippen molar-refractivity contribution in [1.82, 2.24) is 10.2 Å². The summed E-state index contributed by atoms with van der Waals surface area (Å²) < 4.78 is 0. The number of amides is 2. The molecule has 1 rings (SSSR count).